The summed E-state index contributed by atoms with van der Waals surface area (Å²) in [5.41, 5.74) is 4.26. The van der Waals surface area contributed by atoms with E-state index >= 15 is 0 Å². The molecule has 2 atom stereocenters. The van der Waals surface area contributed by atoms with Crippen molar-refractivity contribution in [2.75, 3.05) is 26.4 Å². The molecule has 0 spiro atoms. The molecule has 1 saturated heterocycles. The van der Waals surface area contributed by atoms with Gasteiger partial charge in [-0.1, -0.05) is 24.3 Å². The zero-order valence-corrected chi connectivity index (χ0v) is 19.4. The average molecular weight is 446 g/mol. The van der Waals surface area contributed by atoms with Crippen molar-refractivity contribution in [3.05, 3.63) is 53.9 Å². The molecule has 0 unspecified atom stereocenters. The molecule has 1 aliphatic heterocycles. The molecule has 0 radical (unpaired) electrons. The van der Waals surface area contributed by atoms with Gasteiger partial charge in [0.15, 0.2) is 0 Å². The summed E-state index contributed by atoms with van der Waals surface area (Å²) >= 11 is 0. The molecule has 1 aliphatic rings. The third-order valence-electron chi connectivity index (χ3n) is 5.85. The SMILES string of the molecule is Cc1cc(-c2ccc([C@H](C)N3CC[C@@H](CCCN(C)S(C)(=O)=O)OC3=O)cc2)ccn1. The lowest BCUT2D eigenvalue weighted by atomic mass is 10.00. The molecule has 168 valence electrons. The van der Waals surface area contributed by atoms with Crippen LogP contribution in [0.4, 0.5) is 4.79 Å². The Labute approximate surface area is 185 Å². The topological polar surface area (TPSA) is 79.8 Å². The molecule has 1 aromatic heterocycles. The highest BCUT2D eigenvalue weighted by molar-refractivity contribution is 7.88. The van der Waals surface area contributed by atoms with Gasteiger partial charge in [-0.05, 0) is 55.5 Å². The molecule has 1 aromatic carbocycles. The van der Waals surface area contributed by atoms with Gasteiger partial charge in [-0.25, -0.2) is 17.5 Å². The Kier molecular flexibility index (Phi) is 7.33. The molecular formula is C23H31N3O4S. The molecule has 0 saturated carbocycles. The van der Waals surface area contributed by atoms with E-state index in [1.165, 1.54) is 10.6 Å². The van der Waals surface area contributed by atoms with E-state index in [1.807, 2.05) is 26.0 Å². The second kappa shape index (κ2) is 9.78. The number of sulfonamides is 1. The Balaban J connectivity index is 1.55. The molecule has 2 heterocycles. The van der Waals surface area contributed by atoms with Gasteiger partial charge in [0.1, 0.15) is 6.10 Å². The van der Waals surface area contributed by atoms with Gasteiger partial charge in [0, 0.05) is 38.4 Å². The van der Waals surface area contributed by atoms with Crippen molar-refractivity contribution < 1.29 is 17.9 Å². The zero-order valence-electron chi connectivity index (χ0n) is 18.6. The number of benzene rings is 1. The van der Waals surface area contributed by atoms with E-state index < -0.39 is 10.0 Å². The number of cyclic esters (lactones) is 1. The van der Waals surface area contributed by atoms with Crippen LogP contribution in [0.15, 0.2) is 42.6 Å². The van der Waals surface area contributed by atoms with Crippen molar-refractivity contribution in [2.24, 2.45) is 0 Å². The van der Waals surface area contributed by atoms with E-state index in [0.717, 1.165) is 28.8 Å². The fraction of sp³-hybridized carbons (Fsp3) is 0.478. The summed E-state index contributed by atoms with van der Waals surface area (Å²) in [5, 5.41) is 0. The number of aryl methyl sites for hydroxylation is 1. The first-order valence-corrected chi connectivity index (χ1v) is 12.4. The smallest absolute Gasteiger partial charge is 0.410 e. The number of carbonyl (C=O) groups excluding carboxylic acids is 1. The van der Waals surface area contributed by atoms with Crippen LogP contribution in [0.2, 0.25) is 0 Å². The number of rotatable bonds is 8. The van der Waals surface area contributed by atoms with Crippen molar-refractivity contribution in [2.45, 2.75) is 45.3 Å². The normalized spacial score (nSPS) is 18.2. The van der Waals surface area contributed by atoms with E-state index in [1.54, 1.807) is 18.1 Å². The summed E-state index contributed by atoms with van der Waals surface area (Å²) in [6.45, 7) is 5.03. The summed E-state index contributed by atoms with van der Waals surface area (Å²) in [6.07, 6.45) is 4.58. The van der Waals surface area contributed by atoms with Gasteiger partial charge in [0.2, 0.25) is 10.0 Å². The van der Waals surface area contributed by atoms with E-state index in [-0.39, 0.29) is 18.2 Å². The van der Waals surface area contributed by atoms with Crippen molar-refractivity contribution >= 4 is 16.1 Å². The van der Waals surface area contributed by atoms with E-state index in [9.17, 15) is 13.2 Å². The molecule has 31 heavy (non-hydrogen) atoms. The Bertz CT molecular complexity index is 1010. The molecule has 1 amide bonds. The van der Waals surface area contributed by atoms with Gasteiger partial charge >= 0.3 is 6.09 Å². The highest BCUT2D eigenvalue weighted by Gasteiger charge is 2.30. The number of pyridine rings is 1. The minimum atomic E-state index is -3.18. The van der Waals surface area contributed by atoms with E-state index in [4.69, 9.17) is 4.74 Å². The largest absolute Gasteiger partial charge is 0.446 e. The van der Waals surface area contributed by atoms with E-state index in [0.29, 0.717) is 25.9 Å². The minimum absolute atomic E-state index is 0.0851. The maximum absolute atomic E-state index is 12.6. The third-order valence-corrected chi connectivity index (χ3v) is 7.16. The summed E-state index contributed by atoms with van der Waals surface area (Å²) in [6, 6.07) is 12.2. The number of hydrogen-bond donors (Lipinski definition) is 0. The van der Waals surface area contributed by atoms with Crippen LogP contribution in [0, 0.1) is 6.92 Å². The van der Waals surface area contributed by atoms with Gasteiger partial charge in [0.25, 0.3) is 0 Å². The van der Waals surface area contributed by atoms with Crippen molar-refractivity contribution in [3.8, 4) is 11.1 Å². The number of aromatic nitrogens is 1. The quantitative estimate of drug-likeness (QED) is 0.614. The maximum Gasteiger partial charge on any atom is 0.410 e. The number of carbonyl (C=O) groups is 1. The van der Waals surface area contributed by atoms with Crippen LogP contribution in [0.25, 0.3) is 11.1 Å². The standard InChI is InChI=1S/C23H31N3O4S/c1-17-16-21(11-13-24-17)20-9-7-19(8-10-20)18(2)26-15-12-22(30-23(26)27)6-5-14-25(3)31(4,28)29/h7-11,13,16,18,22H,5-6,12,14-15H2,1-4H3/t18-,22+/m0/s1. The Hall–Kier alpha value is -2.45. The highest BCUT2D eigenvalue weighted by atomic mass is 32.2. The molecule has 0 bridgehead atoms. The first kappa shape index (κ1) is 23.2. The molecular weight excluding hydrogens is 414 g/mol. The van der Waals surface area contributed by atoms with Crippen LogP contribution < -0.4 is 0 Å². The Morgan fingerprint density at radius 3 is 2.55 bits per heavy atom. The molecule has 8 heteroatoms. The molecule has 1 fully saturated rings. The van der Waals surface area contributed by atoms with Gasteiger partial charge in [-0.2, -0.15) is 0 Å². The van der Waals surface area contributed by atoms with Crippen molar-refractivity contribution in [3.63, 3.8) is 0 Å². The Morgan fingerprint density at radius 2 is 1.94 bits per heavy atom. The predicted octanol–water partition coefficient (Wildman–Crippen LogP) is 4.00. The fourth-order valence-corrected chi connectivity index (χ4v) is 4.23. The summed E-state index contributed by atoms with van der Waals surface area (Å²) < 4.78 is 29.9. The molecule has 0 aliphatic carbocycles. The minimum Gasteiger partial charge on any atom is -0.446 e. The number of nitrogens with zero attached hydrogens (tertiary/aromatic N) is 3. The number of ether oxygens (including phenoxy) is 1. The van der Waals surface area contributed by atoms with Crippen LogP contribution >= 0.6 is 0 Å². The van der Waals surface area contributed by atoms with Crippen molar-refractivity contribution in [1.29, 1.82) is 0 Å². The second-order valence-corrected chi connectivity index (χ2v) is 10.3. The van der Waals surface area contributed by atoms with Crippen LogP contribution in [-0.4, -0.2) is 61.2 Å². The first-order valence-electron chi connectivity index (χ1n) is 10.6. The van der Waals surface area contributed by atoms with E-state index in [2.05, 4.69) is 29.2 Å². The number of amides is 1. The van der Waals surface area contributed by atoms with Crippen molar-refractivity contribution in [1.82, 2.24) is 14.2 Å². The third kappa shape index (κ3) is 6.04. The molecule has 3 rings (SSSR count). The van der Waals surface area contributed by atoms with Gasteiger partial charge in [-0.3, -0.25) is 4.98 Å². The van der Waals surface area contributed by atoms with Crippen LogP contribution in [0.3, 0.4) is 0 Å². The van der Waals surface area contributed by atoms with Gasteiger partial charge in [-0.15, -0.1) is 0 Å². The second-order valence-electron chi connectivity index (χ2n) is 8.20. The number of hydrogen-bond acceptors (Lipinski definition) is 5. The Morgan fingerprint density at radius 1 is 1.23 bits per heavy atom. The van der Waals surface area contributed by atoms with Gasteiger partial charge < -0.3 is 9.64 Å². The summed E-state index contributed by atoms with van der Waals surface area (Å²) in [7, 11) is -1.61. The fourth-order valence-electron chi connectivity index (χ4n) is 3.77. The monoisotopic (exact) mass is 445 g/mol. The molecule has 7 nitrogen and oxygen atoms in total. The zero-order chi connectivity index (χ0) is 22.6. The lowest BCUT2D eigenvalue weighted by molar-refractivity contribution is 0.00895. The van der Waals surface area contributed by atoms with Crippen LogP contribution in [0.1, 0.15) is 43.5 Å². The molecule has 0 N–H and O–H groups in total. The van der Waals surface area contributed by atoms with Gasteiger partial charge in [0.05, 0.1) is 12.3 Å². The highest BCUT2D eigenvalue weighted by Crippen LogP contribution is 2.28. The summed E-state index contributed by atoms with van der Waals surface area (Å²) in [4.78, 5) is 18.6. The van der Waals surface area contributed by atoms with Crippen LogP contribution in [0.5, 0.6) is 0 Å². The lowest BCUT2D eigenvalue weighted by Crippen LogP contribution is -2.43. The van der Waals surface area contributed by atoms with Crippen LogP contribution in [-0.2, 0) is 14.8 Å². The first-order chi connectivity index (χ1) is 14.6. The average Bonchev–Trinajstić information content (AvgIpc) is 2.73. The maximum atomic E-state index is 12.6. The predicted molar refractivity (Wildman–Crippen MR) is 121 cm³/mol. The molecule has 2 aromatic rings. The lowest BCUT2D eigenvalue weighted by Gasteiger charge is -2.36. The summed E-state index contributed by atoms with van der Waals surface area (Å²) in [5.74, 6) is 0.